The van der Waals surface area contributed by atoms with Gasteiger partial charge < -0.3 is 25.5 Å². The Balaban J connectivity index is 1.31. The number of rotatable bonds is 8. The first-order valence-corrected chi connectivity index (χ1v) is 11.8. The Kier molecular flexibility index (Phi) is 7.19. The maximum atomic E-state index is 5.74. The standard InChI is InChI=1S/C26H36N6O2/c1-19-11-20(32-15-26(4,16-32)14-30-23-7-5-6-10-29-23)8-9-21(19)22(31-27)12-28-13-24-33-17-25(2,3)18-34-24/h5-12,24H,13-18,27H2,1-4H3,(H,29,30)/b28-12?,31-22+. The molecule has 0 radical (unpaired) electrons. The summed E-state index contributed by atoms with van der Waals surface area (Å²) in [4.78, 5) is 11.2. The molecule has 0 unspecified atom stereocenters. The van der Waals surface area contributed by atoms with Crippen molar-refractivity contribution in [2.24, 2.45) is 26.8 Å². The Morgan fingerprint density at radius 3 is 2.62 bits per heavy atom. The number of hydrogen-bond donors (Lipinski definition) is 2. The van der Waals surface area contributed by atoms with Crippen molar-refractivity contribution in [1.29, 1.82) is 0 Å². The molecule has 0 spiro atoms. The van der Waals surface area contributed by atoms with Crippen LogP contribution in [0.4, 0.5) is 11.5 Å². The van der Waals surface area contributed by atoms with E-state index < -0.39 is 0 Å². The number of hydrogen-bond acceptors (Lipinski definition) is 8. The number of anilines is 2. The monoisotopic (exact) mass is 464 g/mol. The molecule has 2 fully saturated rings. The quantitative estimate of drug-likeness (QED) is 0.353. The lowest BCUT2D eigenvalue weighted by atomic mass is 9.81. The summed E-state index contributed by atoms with van der Waals surface area (Å²) in [5.74, 6) is 6.61. The van der Waals surface area contributed by atoms with E-state index in [4.69, 9.17) is 15.3 Å². The summed E-state index contributed by atoms with van der Waals surface area (Å²) >= 11 is 0. The molecule has 0 atom stereocenters. The molecule has 4 rings (SSSR count). The molecule has 0 bridgehead atoms. The number of ether oxygens (including phenoxy) is 2. The Bertz CT molecular complexity index is 1020. The zero-order chi connectivity index (χ0) is 24.2. The van der Waals surface area contributed by atoms with E-state index >= 15 is 0 Å². The Morgan fingerprint density at radius 1 is 1.21 bits per heavy atom. The van der Waals surface area contributed by atoms with E-state index in [1.165, 1.54) is 5.69 Å². The fourth-order valence-electron chi connectivity index (χ4n) is 4.30. The highest BCUT2D eigenvalue weighted by Gasteiger charge is 2.38. The molecule has 1 aromatic carbocycles. The molecular weight excluding hydrogens is 428 g/mol. The van der Waals surface area contributed by atoms with Gasteiger partial charge in [0.1, 0.15) is 11.5 Å². The third-order valence-electron chi connectivity index (χ3n) is 6.28. The van der Waals surface area contributed by atoms with E-state index in [2.05, 4.69) is 71.2 Å². The third-order valence-corrected chi connectivity index (χ3v) is 6.28. The van der Waals surface area contributed by atoms with Gasteiger partial charge in [0.2, 0.25) is 0 Å². The van der Waals surface area contributed by atoms with E-state index in [1.54, 1.807) is 6.21 Å². The van der Waals surface area contributed by atoms with Crippen LogP contribution in [0.25, 0.3) is 0 Å². The van der Waals surface area contributed by atoms with Gasteiger partial charge in [-0.05, 0) is 36.8 Å². The fourth-order valence-corrected chi connectivity index (χ4v) is 4.30. The first kappa shape index (κ1) is 24.2. The summed E-state index contributed by atoms with van der Waals surface area (Å²) in [5.41, 5.74) is 4.19. The van der Waals surface area contributed by atoms with Crippen molar-refractivity contribution in [3.05, 3.63) is 53.7 Å². The molecule has 2 aliphatic rings. The zero-order valence-corrected chi connectivity index (χ0v) is 20.6. The van der Waals surface area contributed by atoms with Gasteiger partial charge in [-0.2, -0.15) is 5.10 Å². The molecule has 2 saturated heterocycles. The van der Waals surface area contributed by atoms with Crippen molar-refractivity contribution in [3.63, 3.8) is 0 Å². The molecule has 0 aliphatic carbocycles. The molecular formula is C26H36N6O2. The number of aliphatic imine (C=N–C) groups is 1. The second-order valence-corrected chi connectivity index (χ2v) is 10.5. The molecule has 2 aromatic rings. The van der Waals surface area contributed by atoms with Gasteiger partial charge in [0.25, 0.3) is 0 Å². The average molecular weight is 465 g/mol. The smallest absolute Gasteiger partial charge is 0.176 e. The summed E-state index contributed by atoms with van der Waals surface area (Å²) < 4.78 is 11.5. The van der Waals surface area contributed by atoms with Crippen molar-refractivity contribution in [2.45, 2.75) is 34.0 Å². The van der Waals surface area contributed by atoms with Crippen molar-refractivity contribution in [2.75, 3.05) is 49.6 Å². The predicted molar refractivity (Wildman–Crippen MR) is 138 cm³/mol. The molecule has 182 valence electrons. The fraction of sp³-hybridized carbons (Fsp3) is 0.500. The average Bonchev–Trinajstić information content (AvgIpc) is 2.81. The second kappa shape index (κ2) is 10.1. The number of hydrazone groups is 1. The highest BCUT2D eigenvalue weighted by molar-refractivity contribution is 6.38. The van der Waals surface area contributed by atoms with Crippen LogP contribution in [-0.4, -0.2) is 62.6 Å². The molecule has 1 aromatic heterocycles. The normalized spacial score (nSPS) is 20.4. The van der Waals surface area contributed by atoms with Gasteiger partial charge in [-0.25, -0.2) is 4.98 Å². The summed E-state index contributed by atoms with van der Waals surface area (Å²) in [7, 11) is 0. The summed E-state index contributed by atoms with van der Waals surface area (Å²) in [6.45, 7) is 13.3. The topological polar surface area (TPSA) is 97.4 Å². The van der Waals surface area contributed by atoms with E-state index in [0.717, 1.165) is 36.6 Å². The number of aromatic nitrogens is 1. The number of nitrogens with one attached hydrogen (secondary N) is 1. The number of pyridine rings is 1. The minimum absolute atomic E-state index is 0.0481. The summed E-state index contributed by atoms with van der Waals surface area (Å²) in [6, 6.07) is 12.3. The maximum Gasteiger partial charge on any atom is 0.176 e. The Labute approximate surface area is 202 Å². The first-order valence-electron chi connectivity index (χ1n) is 11.8. The van der Waals surface area contributed by atoms with Gasteiger partial charge in [-0.15, -0.1) is 0 Å². The van der Waals surface area contributed by atoms with Gasteiger partial charge >= 0.3 is 0 Å². The highest BCUT2D eigenvalue weighted by atomic mass is 16.7. The van der Waals surface area contributed by atoms with Gasteiger partial charge in [-0.3, -0.25) is 4.99 Å². The Hall–Kier alpha value is -2.97. The highest BCUT2D eigenvalue weighted by Crippen LogP contribution is 2.35. The van der Waals surface area contributed by atoms with Crippen LogP contribution in [-0.2, 0) is 9.47 Å². The van der Waals surface area contributed by atoms with Crippen LogP contribution in [0.15, 0.2) is 52.7 Å². The lowest BCUT2D eigenvalue weighted by Crippen LogP contribution is -2.58. The van der Waals surface area contributed by atoms with E-state index in [-0.39, 0.29) is 17.1 Å². The minimum atomic E-state index is -0.320. The Morgan fingerprint density at radius 2 is 1.97 bits per heavy atom. The number of nitrogens with two attached hydrogens (primary N) is 1. The van der Waals surface area contributed by atoms with Crippen LogP contribution in [0.5, 0.6) is 0 Å². The molecule has 3 N–H and O–H groups in total. The van der Waals surface area contributed by atoms with Crippen LogP contribution in [0.1, 0.15) is 31.9 Å². The van der Waals surface area contributed by atoms with Crippen molar-refractivity contribution in [3.8, 4) is 0 Å². The van der Waals surface area contributed by atoms with Crippen molar-refractivity contribution < 1.29 is 9.47 Å². The zero-order valence-electron chi connectivity index (χ0n) is 20.6. The van der Waals surface area contributed by atoms with Gasteiger partial charge in [0.05, 0.1) is 19.8 Å². The maximum absolute atomic E-state index is 5.74. The lowest BCUT2D eigenvalue weighted by molar-refractivity contribution is -0.215. The van der Waals surface area contributed by atoms with Crippen LogP contribution >= 0.6 is 0 Å². The van der Waals surface area contributed by atoms with Crippen molar-refractivity contribution in [1.82, 2.24) is 4.98 Å². The molecule has 0 amide bonds. The molecule has 8 nitrogen and oxygen atoms in total. The van der Waals surface area contributed by atoms with Gasteiger partial charge in [-0.1, -0.05) is 32.9 Å². The van der Waals surface area contributed by atoms with E-state index in [9.17, 15) is 0 Å². The van der Waals surface area contributed by atoms with Crippen LogP contribution in [0.3, 0.4) is 0 Å². The predicted octanol–water partition coefficient (Wildman–Crippen LogP) is 3.46. The molecule has 3 heterocycles. The number of nitrogens with zero attached hydrogens (tertiary/aromatic N) is 4. The third kappa shape index (κ3) is 5.93. The summed E-state index contributed by atoms with van der Waals surface area (Å²) in [6.07, 6.45) is 3.20. The van der Waals surface area contributed by atoms with Crippen LogP contribution in [0, 0.1) is 17.8 Å². The first-order chi connectivity index (χ1) is 16.3. The molecule has 2 aliphatic heterocycles. The van der Waals surface area contributed by atoms with E-state index in [0.29, 0.717) is 25.5 Å². The lowest BCUT2D eigenvalue weighted by Gasteiger charge is -2.49. The van der Waals surface area contributed by atoms with Gasteiger partial charge in [0, 0.05) is 54.1 Å². The molecule has 34 heavy (non-hydrogen) atoms. The van der Waals surface area contributed by atoms with E-state index in [1.807, 2.05) is 24.4 Å². The summed E-state index contributed by atoms with van der Waals surface area (Å²) in [5, 5.41) is 7.42. The minimum Gasteiger partial charge on any atom is -0.370 e. The van der Waals surface area contributed by atoms with Crippen LogP contribution < -0.4 is 16.1 Å². The SMILES string of the molecule is Cc1cc(N2CC(C)(CNc3ccccn3)C2)ccc1/C(C=NCC1OCC(C)(C)CO1)=N/N. The second-order valence-electron chi connectivity index (χ2n) is 10.5. The van der Waals surface area contributed by atoms with Crippen LogP contribution in [0.2, 0.25) is 0 Å². The van der Waals surface area contributed by atoms with Crippen molar-refractivity contribution >= 4 is 23.4 Å². The largest absolute Gasteiger partial charge is 0.370 e. The number of aryl methyl sites for hydroxylation is 1. The molecule has 8 heteroatoms. The number of benzene rings is 1. The van der Waals surface area contributed by atoms with Gasteiger partial charge in [0.15, 0.2) is 6.29 Å². The molecule has 0 saturated carbocycles.